The van der Waals surface area contributed by atoms with Crippen LogP contribution in [-0.2, 0) is 14.9 Å². The Morgan fingerprint density at radius 1 is 1.33 bits per heavy atom. The molecule has 2 rings (SSSR count). The topological polar surface area (TPSA) is 26.3 Å². The Kier molecular flexibility index (Phi) is 2.87. The fourth-order valence-electron chi connectivity index (χ4n) is 2.04. The van der Waals surface area contributed by atoms with E-state index in [9.17, 15) is 4.79 Å². The average Bonchev–Trinajstić information content (AvgIpc) is 3.08. The van der Waals surface area contributed by atoms with Crippen LogP contribution in [-0.4, -0.2) is 19.5 Å². The van der Waals surface area contributed by atoms with Gasteiger partial charge in [0.15, 0.2) is 0 Å². The summed E-state index contributed by atoms with van der Waals surface area (Å²) in [5.74, 6) is 0.329. The summed E-state index contributed by atoms with van der Waals surface area (Å²) in [6.07, 6.45) is 2.53. The summed E-state index contributed by atoms with van der Waals surface area (Å²) in [6.45, 7) is 0.535. The van der Waals surface area contributed by atoms with E-state index in [0.29, 0.717) is 18.8 Å². The van der Waals surface area contributed by atoms with Crippen molar-refractivity contribution in [3.8, 4) is 0 Å². The van der Waals surface area contributed by atoms with Crippen molar-refractivity contribution in [1.82, 2.24) is 0 Å². The van der Waals surface area contributed by atoms with Crippen molar-refractivity contribution in [1.29, 1.82) is 0 Å². The zero-order valence-corrected chi connectivity index (χ0v) is 9.03. The predicted octanol–water partition coefficient (Wildman–Crippen LogP) is 2.32. The van der Waals surface area contributed by atoms with Gasteiger partial charge in [0.2, 0.25) is 0 Å². The predicted molar refractivity (Wildman–Crippen MR) is 58.9 cm³/mol. The Bertz CT molecular complexity index is 339. The largest absolute Gasteiger partial charge is 0.384 e. The quantitative estimate of drug-likeness (QED) is 0.735. The van der Waals surface area contributed by atoms with E-state index in [2.05, 4.69) is 12.1 Å². The van der Waals surface area contributed by atoms with E-state index in [-0.39, 0.29) is 5.41 Å². The molecule has 0 aromatic heterocycles. The van der Waals surface area contributed by atoms with Crippen molar-refractivity contribution in [3.63, 3.8) is 0 Å². The second-order valence-corrected chi connectivity index (χ2v) is 4.11. The van der Waals surface area contributed by atoms with Gasteiger partial charge in [0, 0.05) is 13.5 Å². The summed E-state index contributed by atoms with van der Waals surface area (Å²) >= 11 is 0. The van der Waals surface area contributed by atoms with Crippen LogP contribution < -0.4 is 0 Å². The van der Waals surface area contributed by atoms with Gasteiger partial charge in [0.05, 0.1) is 12.0 Å². The molecule has 1 aromatic rings. The van der Waals surface area contributed by atoms with Crippen molar-refractivity contribution in [2.45, 2.75) is 24.7 Å². The number of ether oxygens (including phenoxy) is 1. The minimum atomic E-state index is -0.167. The molecule has 1 saturated carbocycles. The monoisotopic (exact) mass is 204 g/mol. The number of benzene rings is 1. The third-order valence-electron chi connectivity index (χ3n) is 3.14. The lowest BCUT2D eigenvalue weighted by Gasteiger charge is -2.13. The van der Waals surface area contributed by atoms with Crippen LogP contribution in [0.3, 0.4) is 0 Å². The number of carbonyl (C=O) groups excluding carboxylic acids is 1. The third-order valence-corrected chi connectivity index (χ3v) is 3.14. The number of ketones is 1. The molecule has 0 N–H and O–H groups in total. The van der Waals surface area contributed by atoms with E-state index in [0.717, 1.165) is 12.8 Å². The van der Waals surface area contributed by atoms with Crippen LogP contribution in [0.25, 0.3) is 0 Å². The molecule has 1 fully saturated rings. The van der Waals surface area contributed by atoms with Crippen LogP contribution in [0.2, 0.25) is 0 Å². The Morgan fingerprint density at radius 3 is 2.53 bits per heavy atom. The highest BCUT2D eigenvalue weighted by atomic mass is 16.5. The van der Waals surface area contributed by atoms with Crippen molar-refractivity contribution < 1.29 is 9.53 Å². The van der Waals surface area contributed by atoms with Gasteiger partial charge in [-0.3, -0.25) is 4.79 Å². The highest BCUT2D eigenvalue weighted by Gasteiger charge is 2.49. The fraction of sp³-hybridized carbons (Fsp3) is 0.462. The van der Waals surface area contributed by atoms with Gasteiger partial charge in [-0.1, -0.05) is 30.3 Å². The van der Waals surface area contributed by atoms with Crippen LogP contribution >= 0.6 is 0 Å². The Morgan fingerprint density at radius 2 is 2.00 bits per heavy atom. The van der Waals surface area contributed by atoms with Crippen LogP contribution in [0.4, 0.5) is 0 Å². The van der Waals surface area contributed by atoms with Gasteiger partial charge in [0.1, 0.15) is 5.78 Å². The number of Topliss-reactive ketones (excluding diaryl/α,β-unsaturated/α-hetero) is 1. The highest BCUT2D eigenvalue weighted by molar-refractivity contribution is 5.93. The molecule has 2 nitrogen and oxygen atoms in total. The number of hydrogen-bond donors (Lipinski definition) is 0. The average molecular weight is 204 g/mol. The Labute approximate surface area is 90.3 Å². The van der Waals surface area contributed by atoms with Crippen LogP contribution in [0.5, 0.6) is 0 Å². The second kappa shape index (κ2) is 4.15. The standard InChI is InChI=1S/C13H16O2/c1-15-10-7-12(14)13(8-9-13)11-5-3-2-4-6-11/h2-6H,7-10H2,1H3. The van der Waals surface area contributed by atoms with E-state index < -0.39 is 0 Å². The summed E-state index contributed by atoms with van der Waals surface area (Å²) in [6, 6.07) is 10.1. The van der Waals surface area contributed by atoms with Crippen LogP contribution in [0.15, 0.2) is 30.3 Å². The third kappa shape index (κ3) is 1.95. The number of hydrogen-bond acceptors (Lipinski definition) is 2. The normalized spacial score (nSPS) is 17.4. The summed E-state index contributed by atoms with van der Waals surface area (Å²) in [5.41, 5.74) is 1.01. The van der Waals surface area contributed by atoms with E-state index in [1.54, 1.807) is 7.11 Å². The van der Waals surface area contributed by atoms with E-state index in [1.165, 1.54) is 5.56 Å². The minimum absolute atomic E-state index is 0.167. The molecule has 2 heteroatoms. The van der Waals surface area contributed by atoms with Crippen molar-refractivity contribution in [3.05, 3.63) is 35.9 Å². The lowest BCUT2D eigenvalue weighted by molar-refractivity contribution is -0.122. The van der Waals surface area contributed by atoms with Gasteiger partial charge in [-0.25, -0.2) is 0 Å². The summed E-state index contributed by atoms with van der Waals surface area (Å²) in [4.78, 5) is 12.0. The molecule has 15 heavy (non-hydrogen) atoms. The molecule has 0 heterocycles. The highest BCUT2D eigenvalue weighted by Crippen LogP contribution is 2.49. The molecule has 1 aliphatic rings. The molecule has 0 unspecified atom stereocenters. The number of rotatable bonds is 5. The van der Waals surface area contributed by atoms with Gasteiger partial charge >= 0.3 is 0 Å². The fourth-order valence-corrected chi connectivity index (χ4v) is 2.04. The van der Waals surface area contributed by atoms with E-state index >= 15 is 0 Å². The molecule has 1 aromatic carbocycles. The molecule has 0 spiro atoms. The summed E-state index contributed by atoms with van der Waals surface area (Å²) < 4.78 is 4.95. The Balaban J connectivity index is 2.11. The molecule has 0 atom stereocenters. The minimum Gasteiger partial charge on any atom is -0.384 e. The molecule has 0 aliphatic heterocycles. The van der Waals surface area contributed by atoms with Crippen LogP contribution in [0.1, 0.15) is 24.8 Å². The van der Waals surface area contributed by atoms with Crippen LogP contribution in [0, 0.1) is 0 Å². The molecule has 0 bridgehead atoms. The molecule has 0 saturated heterocycles. The van der Waals surface area contributed by atoms with Gasteiger partial charge in [0.25, 0.3) is 0 Å². The maximum absolute atomic E-state index is 12.0. The number of methoxy groups -OCH3 is 1. The number of carbonyl (C=O) groups is 1. The maximum atomic E-state index is 12.0. The molecular formula is C13H16O2. The van der Waals surface area contributed by atoms with Gasteiger partial charge < -0.3 is 4.74 Å². The zero-order chi connectivity index (χ0) is 10.7. The van der Waals surface area contributed by atoms with E-state index in [1.807, 2.05) is 18.2 Å². The molecule has 0 amide bonds. The first-order valence-corrected chi connectivity index (χ1v) is 5.37. The van der Waals surface area contributed by atoms with Crippen molar-refractivity contribution in [2.75, 3.05) is 13.7 Å². The first-order chi connectivity index (χ1) is 7.29. The lowest BCUT2D eigenvalue weighted by atomic mass is 9.90. The summed E-state index contributed by atoms with van der Waals surface area (Å²) in [7, 11) is 1.63. The second-order valence-electron chi connectivity index (χ2n) is 4.11. The molecule has 80 valence electrons. The SMILES string of the molecule is COCCC(=O)C1(c2ccccc2)CC1. The van der Waals surface area contributed by atoms with Gasteiger partial charge in [-0.15, -0.1) is 0 Å². The first kappa shape index (κ1) is 10.4. The smallest absolute Gasteiger partial charge is 0.145 e. The van der Waals surface area contributed by atoms with Crippen molar-refractivity contribution >= 4 is 5.78 Å². The zero-order valence-electron chi connectivity index (χ0n) is 9.03. The summed E-state index contributed by atoms with van der Waals surface area (Å²) in [5, 5.41) is 0. The van der Waals surface area contributed by atoms with Gasteiger partial charge in [-0.05, 0) is 18.4 Å². The molecule has 1 aliphatic carbocycles. The maximum Gasteiger partial charge on any atom is 0.145 e. The first-order valence-electron chi connectivity index (χ1n) is 5.37. The Hall–Kier alpha value is -1.15. The van der Waals surface area contributed by atoms with Gasteiger partial charge in [-0.2, -0.15) is 0 Å². The molecular weight excluding hydrogens is 188 g/mol. The molecule has 0 radical (unpaired) electrons. The van der Waals surface area contributed by atoms with E-state index in [4.69, 9.17) is 4.74 Å². The lowest BCUT2D eigenvalue weighted by Crippen LogP contribution is -2.21. The van der Waals surface area contributed by atoms with Crippen molar-refractivity contribution in [2.24, 2.45) is 0 Å².